The Morgan fingerprint density at radius 2 is 2.27 bits per heavy atom. The van der Waals surface area contributed by atoms with E-state index in [9.17, 15) is 10.1 Å². The normalized spacial score (nSPS) is 23.9. The number of nitrogens with zero attached hydrogens (tertiary/aromatic N) is 2. The van der Waals surface area contributed by atoms with Gasteiger partial charge in [-0.3, -0.25) is 4.79 Å². The molecule has 6 heteroatoms. The monoisotopic (exact) mass is 312 g/mol. The van der Waals surface area contributed by atoms with E-state index in [0.29, 0.717) is 11.4 Å². The average Bonchev–Trinajstić information content (AvgIpc) is 3.16. The molecule has 0 aliphatic carbocycles. The van der Waals surface area contributed by atoms with Crippen LogP contribution in [0.25, 0.3) is 10.6 Å². The second-order valence-corrected chi connectivity index (χ2v) is 6.50. The number of carbonyl (C=O) groups is 1. The van der Waals surface area contributed by atoms with E-state index in [4.69, 9.17) is 0 Å². The van der Waals surface area contributed by atoms with Crippen molar-refractivity contribution in [3.05, 3.63) is 41.4 Å². The van der Waals surface area contributed by atoms with E-state index in [1.54, 1.807) is 6.20 Å². The first-order chi connectivity index (χ1) is 10.6. The van der Waals surface area contributed by atoms with Crippen LogP contribution in [0.5, 0.6) is 0 Å². The molecular formula is C16H16N4OS. The van der Waals surface area contributed by atoms with Crippen LogP contribution in [-0.2, 0) is 0 Å². The molecule has 0 saturated carbocycles. The highest BCUT2D eigenvalue weighted by Gasteiger charge is 2.42. The molecule has 1 aromatic carbocycles. The van der Waals surface area contributed by atoms with Gasteiger partial charge >= 0.3 is 0 Å². The molecule has 0 spiro atoms. The molecule has 2 atom stereocenters. The predicted molar refractivity (Wildman–Crippen MR) is 85.4 cm³/mol. The van der Waals surface area contributed by atoms with Crippen molar-refractivity contribution < 1.29 is 4.79 Å². The van der Waals surface area contributed by atoms with Crippen LogP contribution in [0.2, 0.25) is 0 Å². The highest BCUT2D eigenvalue weighted by Crippen LogP contribution is 2.26. The van der Waals surface area contributed by atoms with Gasteiger partial charge in [0.2, 0.25) is 0 Å². The Morgan fingerprint density at radius 3 is 2.91 bits per heavy atom. The average molecular weight is 312 g/mol. The molecule has 0 radical (unpaired) electrons. The molecular weight excluding hydrogens is 296 g/mol. The van der Waals surface area contributed by atoms with Gasteiger partial charge in [-0.05, 0) is 0 Å². The van der Waals surface area contributed by atoms with Gasteiger partial charge in [-0.25, -0.2) is 4.98 Å². The van der Waals surface area contributed by atoms with Crippen LogP contribution in [0.3, 0.4) is 0 Å². The van der Waals surface area contributed by atoms with Gasteiger partial charge in [-0.1, -0.05) is 37.3 Å². The molecule has 1 aliphatic heterocycles. The largest absolute Gasteiger partial charge is 0.332 e. The Morgan fingerprint density at radius 1 is 1.50 bits per heavy atom. The summed E-state index contributed by atoms with van der Waals surface area (Å²) in [6, 6.07) is 12.0. The minimum Gasteiger partial charge on any atom is -0.332 e. The predicted octanol–water partition coefficient (Wildman–Crippen LogP) is 2.04. The Balaban J connectivity index is 1.79. The number of carbonyl (C=O) groups excluding carboxylic acids is 1. The van der Waals surface area contributed by atoms with Gasteiger partial charge in [0.25, 0.3) is 5.91 Å². The SMILES string of the molecule is C[C@H]1CNC[C@]1(C#N)NC(=O)c1cnc(-c2ccccc2)s1. The summed E-state index contributed by atoms with van der Waals surface area (Å²) in [6.07, 6.45) is 1.57. The van der Waals surface area contributed by atoms with Crippen molar-refractivity contribution in [2.24, 2.45) is 5.92 Å². The fourth-order valence-corrected chi connectivity index (χ4v) is 3.35. The maximum atomic E-state index is 12.4. The molecule has 1 saturated heterocycles. The van der Waals surface area contributed by atoms with Crippen LogP contribution in [0, 0.1) is 17.2 Å². The van der Waals surface area contributed by atoms with E-state index in [2.05, 4.69) is 21.7 Å². The molecule has 1 amide bonds. The zero-order valence-corrected chi connectivity index (χ0v) is 13.0. The molecule has 2 heterocycles. The maximum absolute atomic E-state index is 12.4. The summed E-state index contributed by atoms with van der Waals surface area (Å²) < 4.78 is 0. The Kier molecular flexibility index (Phi) is 3.92. The maximum Gasteiger partial charge on any atom is 0.264 e. The van der Waals surface area contributed by atoms with E-state index in [-0.39, 0.29) is 11.8 Å². The lowest BCUT2D eigenvalue weighted by Gasteiger charge is -2.25. The molecule has 2 aromatic rings. The molecule has 3 rings (SSSR count). The van der Waals surface area contributed by atoms with Crippen molar-refractivity contribution in [2.45, 2.75) is 12.5 Å². The third-order valence-corrected chi connectivity index (χ3v) is 5.03. The summed E-state index contributed by atoms with van der Waals surface area (Å²) >= 11 is 1.33. The van der Waals surface area contributed by atoms with Gasteiger partial charge in [0, 0.05) is 24.6 Å². The number of hydrogen-bond donors (Lipinski definition) is 2. The Bertz CT molecular complexity index is 721. The second-order valence-electron chi connectivity index (χ2n) is 5.46. The second kappa shape index (κ2) is 5.87. The van der Waals surface area contributed by atoms with Gasteiger partial charge in [-0.15, -0.1) is 11.3 Å². The first-order valence-electron chi connectivity index (χ1n) is 7.10. The van der Waals surface area contributed by atoms with Gasteiger partial charge in [-0.2, -0.15) is 5.26 Å². The zero-order chi connectivity index (χ0) is 15.6. The molecule has 0 unspecified atom stereocenters. The standard InChI is InChI=1S/C16H16N4OS/c1-11-7-18-10-16(11,9-17)20-14(21)13-8-19-15(22-13)12-5-3-2-4-6-12/h2-6,8,11,18H,7,10H2,1H3,(H,20,21)/t11-,16-/m0/s1. The minimum atomic E-state index is -0.839. The molecule has 5 nitrogen and oxygen atoms in total. The third-order valence-electron chi connectivity index (χ3n) is 3.98. The van der Waals surface area contributed by atoms with Crippen LogP contribution < -0.4 is 10.6 Å². The van der Waals surface area contributed by atoms with Gasteiger partial charge in [0.15, 0.2) is 0 Å². The summed E-state index contributed by atoms with van der Waals surface area (Å²) in [4.78, 5) is 17.3. The number of hydrogen-bond acceptors (Lipinski definition) is 5. The van der Waals surface area contributed by atoms with Gasteiger partial charge in [0.05, 0.1) is 12.3 Å². The molecule has 1 aromatic heterocycles. The van der Waals surface area contributed by atoms with Crippen molar-refractivity contribution in [1.82, 2.24) is 15.6 Å². The summed E-state index contributed by atoms with van der Waals surface area (Å²) in [6.45, 7) is 3.16. The van der Waals surface area contributed by atoms with Crippen molar-refractivity contribution in [1.29, 1.82) is 5.26 Å². The Labute approximate surface area is 133 Å². The number of aromatic nitrogens is 1. The van der Waals surface area contributed by atoms with E-state index >= 15 is 0 Å². The zero-order valence-electron chi connectivity index (χ0n) is 12.2. The topological polar surface area (TPSA) is 77.8 Å². The highest BCUT2D eigenvalue weighted by atomic mass is 32.1. The van der Waals surface area contributed by atoms with Crippen molar-refractivity contribution >= 4 is 17.2 Å². The fourth-order valence-electron chi connectivity index (χ4n) is 2.54. The van der Waals surface area contributed by atoms with Crippen molar-refractivity contribution in [3.63, 3.8) is 0 Å². The highest BCUT2D eigenvalue weighted by molar-refractivity contribution is 7.16. The molecule has 112 valence electrons. The third kappa shape index (κ3) is 2.61. The number of benzene rings is 1. The summed E-state index contributed by atoms with van der Waals surface area (Å²) in [5.74, 6) is -0.167. The van der Waals surface area contributed by atoms with Crippen LogP contribution in [0.15, 0.2) is 36.5 Å². The lowest BCUT2D eigenvalue weighted by Crippen LogP contribution is -2.52. The van der Waals surface area contributed by atoms with E-state index in [0.717, 1.165) is 17.1 Å². The molecule has 1 aliphatic rings. The van der Waals surface area contributed by atoms with E-state index in [1.165, 1.54) is 11.3 Å². The van der Waals surface area contributed by atoms with Crippen LogP contribution >= 0.6 is 11.3 Å². The summed E-state index contributed by atoms with van der Waals surface area (Å²) in [7, 11) is 0. The van der Waals surface area contributed by atoms with Crippen LogP contribution in [0.1, 0.15) is 16.6 Å². The lowest BCUT2D eigenvalue weighted by molar-refractivity contribution is 0.0916. The summed E-state index contributed by atoms with van der Waals surface area (Å²) in [5.41, 5.74) is 0.144. The van der Waals surface area contributed by atoms with Crippen molar-refractivity contribution in [3.8, 4) is 16.6 Å². The number of thiazole rings is 1. The first kappa shape index (κ1) is 14.7. The summed E-state index contributed by atoms with van der Waals surface area (Å²) in [5, 5.41) is 16.3. The lowest BCUT2D eigenvalue weighted by atomic mass is 9.90. The molecule has 0 bridgehead atoms. The first-order valence-corrected chi connectivity index (χ1v) is 7.92. The number of nitriles is 1. The van der Waals surface area contributed by atoms with Gasteiger partial charge in [0.1, 0.15) is 15.4 Å². The smallest absolute Gasteiger partial charge is 0.264 e. The van der Waals surface area contributed by atoms with Crippen molar-refractivity contribution in [2.75, 3.05) is 13.1 Å². The number of amides is 1. The minimum absolute atomic E-state index is 0.0722. The quantitative estimate of drug-likeness (QED) is 0.909. The number of nitrogens with one attached hydrogen (secondary N) is 2. The molecule has 1 fully saturated rings. The van der Waals surface area contributed by atoms with Gasteiger partial charge < -0.3 is 10.6 Å². The fraction of sp³-hybridized carbons (Fsp3) is 0.312. The molecule has 22 heavy (non-hydrogen) atoms. The van der Waals surface area contributed by atoms with E-state index < -0.39 is 5.54 Å². The Hall–Kier alpha value is -2.23. The molecule has 2 N–H and O–H groups in total. The van der Waals surface area contributed by atoms with Crippen LogP contribution in [-0.4, -0.2) is 29.5 Å². The van der Waals surface area contributed by atoms with Crippen LogP contribution in [0.4, 0.5) is 0 Å². The van der Waals surface area contributed by atoms with E-state index in [1.807, 2.05) is 37.3 Å². The number of rotatable bonds is 3.